The second-order valence-electron chi connectivity index (χ2n) is 8.46. The average molecular weight is 362 g/mol. The SMILES string of the molecule is CN(C)S(=O)(=O)c1ccc(NC(=O)C23CC4CC(CC(C4)C2)C3)cc1. The average Bonchev–Trinajstić information content (AvgIpc) is 2.54. The molecule has 4 bridgehead atoms. The number of nitrogens with zero attached hydrogens (tertiary/aromatic N) is 1. The van der Waals surface area contributed by atoms with Gasteiger partial charge in [-0.05, 0) is 80.5 Å². The smallest absolute Gasteiger partial charge is 0.242 e. The van der Waals surface area contributed by atoms with E-state index in [4.69, 9.17) is 0 Å². The Morgan fingerprint density at radius 1 is 1.00 bits per heavy atom. The molecular formula is C19H26N2O3S. The molecule has 1 amide bonds. The monoisotopic (exact) mass is 362 g/mol. The van der Waals surface area contributed by atoms with Gasteiger partial charge in [0.1, 0.15) is 0 Å². The van der Waals surface area contributed by atoms with Gasteiger partial charge in [0.05, 0.1) is 10.3 Å². The van der Waals surface area contributed by atoms with Gasteiger partial charge in [-0.3, -0.25) is 4.79 Å². The molecule has 0 unspecified atom stereocenters. The zero-order valence-electron chi connectivity index (χ0n) is 14.9. The normalized spacial score (nSPS) is 33.6. The van der Waals surface area contributed by atoms with Gasteiger partial charge in [-0.25, -0.2) is 12.7 Å². The topological polar surface area (TPSA) is 66.5 Å². The summed E-state index contributed by atoms with van der Waals surface area (Å²) in [5.41, 5.74) is 0.488. The van der Waals surface area contributed by atoms with Gasteiger partial charge in [0, 0.05) is 19.8 Å². The number of amides is 1. The molecule has 1 aromatic rings. The molecule has 0 saturated heterocycles. The summed E-state index contributed by atoms with van der Waals surface area (Å²) in [6.45, 7) is 0. The molecule has 25 heavy (non-hydrogen) atoms. The molecule has 4 saturated carbocycles. The summed E-state index contributed by atoms with van der Waals surface area (Å²) in [6.07, 6.45) is 7.00. The Balaban J connectivity index is 1.50. The summed E-state index contributed by atoms with van der Waals surface area (Å²) in [7, 11) is -0.414. The molecule has 4 aliphatic rings. The Morgan fingerprint density at radius 2 is 1.48 bits per heavy atom. The number of hydrogen-bond acceptors (Lipinski definition) is 3. The highest BCUT2D eigenvalue weighted by Gasteiger charge is 2.54. The van der Waals surface area contributed by atoms with E-state index in [-0.39, 0.29) is 16.2 Å². The summed E-state index contributed by atoms with van der Waals surface area (Å²) in [5.74, 6) is 2.31. The Bertz CT molecular complexity index is 748. The van der Waals surface area contributed by atoms with Gasteiger partial charge in [-0.15, -0.1) is 0 Å². The number of benzene rings is 1. The molecule has 4 aliphatic carbocycles. The van der Waals surface area contributed by atoms with Crippen molar-refractivity contribution >= 4 is 21.6 Å². The van der Waals surface area contributed by atoms with E-state index in [2.05, 4.69) is 5.32 Å². The van der Waals surface area contributed by atoms with Gasteiger partial charge < -0.3 is 5.32 Å². The molecule has 6 heteroatoms. The van der Waals surface area contributed by atoms with E-state index < -0.39 is 10.0 Å². The molecule has 0 aliphatic heterocycles. The van der Waals surface area contributed by atoms with Crippen molar-refractivity contribution in [1.82, 2.24) is 4.31 Å². The summed E-state index contributed by atoms with van der Waals surface area (Å²) in [6, 6.07) is 6.50. The highest BCUT2D eigenvalue weighted by atomic mass is 32.2. The van der Waals surface area contributed by atoms with Crippen LogP contribution in [0.2, 0.25) is 0 Å². The van der Waals surface area contributed by atoms with Crippen LogP contribution in [0.1, 0.15) is 38.5 Å². The van der Waals surface area contributed by atoms with Crippen molar-refractivity contribution in [3.63, 3.8) is 0 Å². The van der Waals surface area contributed by atoms with Crippen LogP contribution in [0.15, 0.2) is 29.2 Å². The number of hydrogen-bond donors (Lipinski definition) is 1. The van der Waals surface area contributed by atoms with Crippen LogP contribution in [-0.2, 0) is 14.8 Å². The van der Waals surface area contributed by atoms with Crippen molar-refractivity contribution in [2.45, 2.75) is 43.4 Å². The minimum Gasteiger partial charge on any atom is -0.326 e. The number of anilines is 1. The van der Waals surface area contributed by atoms with Crippen LogP contribution >= 0.6 is 0 Å². The summed E-state index contributed by atoms with van der Waals surface area (Å²) in [4.78, 5) is 13.3. The van der Waals surface area contributed by atoms with Crippen molar-refractivity contribution in [1.29, 1.82) is 0 Å². The third kappa shape index (κ3) is 2.89. The maximum Gasteiger partial charge on any atom is 0.242 e. The molecule has 0 aromatic heterocycles. The van der Waals surface area contributed by atoms with Gasteiger partial charge in [0.25, 0.3) is 0 Å². The van der Waals surface area contributed by atoms with Crippen LogP contribution in [0.4, 0.5) is 5.69 Å². The minimum absolute atomic E-state index is 0.134. The van der Waals surface area contributed by atoms with Crippen LogP contribution in [0.25, 0.3) is 0 Å². The molecule has 0 radical (unpaired) electrons. The highest BCUT2D eigenvalue weighted by molar-refractivity contribution is 7.89. The molecule has 4 fully saturated rings. The Hall–Kier alpha value is -1.40. The fraction of sp³-hybridized carbons (Fsp3) is 0.632. The second-order valence-corrected chi connectivity index (χ2v) is 10.6. The molecular weight excluding hydrogens is 336 g/mol. The quantitative estimate of drug-likeness (QED) is 0.895. The standard InChI is InChI=1S/C19H26N2O3S/c1-21(2)25(23,24)17-5-3-16(4-6-17)20-18(22)19-10-13-7-14(11-19)9-15(8-13)12-19/h3-6,13-15H,7-12H2,1-2H3,(H,20,22). The fourth-order valence-electron chi connectivity index (χ4n) is 5.57. The predicted octanol–water partition coefficient (Wildman–Crippen LogP) is 3.09. The van der Waals surface area contributed by atoms with E-state index in [1.165, 1.54) is 37.7 Å². The largest absolute Gasteiger partial charge is 0.326 e. The van der Waals surface area contributed by atoms with E-state index in [1.807, 2.05) is 0 Å². The number of nitrogens with one attached hydrogen (secondary N) is 1. The Morgan fingerprint density at radius 3 is 1.92 bits per heavy atom. The van der Waals surface area contributed by atoms with Crippen LogP contribution in [-0.4, -0.2) is 32.7 Å². The number of sulfonamides is 1. The summed E-state index contributed by atoms with van der Waals surface area (Å²) < 4.78 is 25.5. The lowest BCUT2D eigenvalue weighted by molar-refractivity contribution is -0.140. The lowest BCUT2D eigenvalue weighted by Crippen LogP contribution is -2.51. The first-order chi connectivity index (χ1) is 11.8. The minimum atomic E-state index is -3.44. The second kappa shape index (κ2) is 5.81. The van der Waals surface area contributed by atoms with Crippen molar-refractivity contribution in [3.05, 3.63) is 24.3 Å². The zero-order valence-corrected chi connectivity index (χ0v) is 15.7. The lowest BCUT2D eigenvalue weighted by Gasteiger charge is -2.55. The molecule has 136 valence electrons. The van der Waals surface area contributed by atoms with Crippen LogP contribution in [0, 0.1) is 23.2 Å². The number of carbonyl (C=O) groups is 1. The maximum atomic E-state index is 13.0. The Labute approximate surface area is 149 Å². The van der Waals surface area contributed by atoms with Gasteiger partial charge in [0.2, 0.25) is 15.9 Å². The summed E-state index contributed by atoms with van der Waals surface area (Å²) in [5, 5.41) is 3.06. The molecule has 0 atom stereocenters. The number of carbonyl (C=O) groups excluding carboxylic acids is 1. The van der Waals surface area contributed by atoms with Crippen molar-refractivity contribution < 1.29 is 13.2 Å². The molecule has 1 N–H and O–H groups in total. The van der Waals surface area contributed by atoms with Gasteiger partial charge in [0.15, 0.2) is 0 Å². The Kier molecular flexibility index (Phi) is 3.96. The van der Waals surface area contributed by atoms with Crippen LogP contribution in [0.5, 0.6) is 0 Å². The first-order valence-electron chi connectivity index (χ1n) is 9.12. The van der Waals surface area contributed by atoms with E-state index >= 15 is 0 Å². The van der Waals surface area contributed by atoms with Crippen molar-refractivity contribution in [2.24, 2.45) is 23.2 Å². The van der Waals surface area contributed by atoms with Gasteiger partial charge >= 0.3 is 0 Å². The lowest BCUT2D eigenvalue weighted by atomic mass is 9.49. The molecule has 5 nitrogen and oxygen atoms in total. The van der Waals surface area contributed by atoms with Gasteiger partial charge in [-0.2, -0.15) is 0 Å². The molecule has 5 rings (SSSR count). The fourth-order valence-corrected chi connectivity index (χ4v) is 6.48. The van der Waals surface area contributed by atoms with Crippen LogP contribution in [0.3, 0.4) is 0 Å². The molecule has 0 heterocycles. The zero-order chi connectivity index (χ0) is 17.8. The number of rotatable bonds is 4. The van der Waals surface area contributed by atoms with E-state index in [0.29, 0.717) is 5.69 Å². The third-order valence-corrected chi connectivity index (χ3v) is 8.24. The van der Waals surface area contributed by atoms with E-state index in [9.17, 15) is 13.2 Å². The van der Waals surface area contributed by atoms with Gasteiger partial charge in [-0.1, -0.05) is 0 Å². The van der Waals surface area contributed by atoms with Crippen LogP contribution < -0.4 is 5.32 Å². The molecule has 1 aromatic carbocycles. The van der Waals surface area contributed by atoms with Crippen molar-refractivity contribution in [3.8, 4) is 0 Å². The third-order valence-electron chi connectivity index (χ3n) is 6.41. The van der Waals surface area contributed by atoms with E-state index in [1.54, 1.807) is 24.3 Å². The van der Waals surface area contributed by atoms with Crippen molar-refractivity contribution in [2.75, 3.05) is 19.4 Å². The molecule has 0 spiro atoms. The highest BCUT2D eigenvalue weighted by Crippen LogP contribution is 2.60. The predicted molar refractivity (Wildman–Crippen MR) is 96.5 cm³/mol. The first kappa shape index (κ1) is 17.0. The summed E-state index contributed by atoms with van der Waals surface area (Å²) >= 11 is 0. The maximum absolute atomic E-state index is 13.0. The van der Waals surface area contributed by atoms with E-state index in [0.717, 1.165) is 37.0 Å². The first-order valence-corrected chi connectivity index (χ1v) is 10.6.